The maximum atomic E-state index is 12.0. The van der Waals surface area contributed by atoms with Crippen LogP contribution in [0.4, 0.5) is 5.13 Å². The Hall–Kier alpha value is -2.93. The molecule has 1 N–H and O–H groups in total. The normalized spacial score (nSPS) is 10.4. The molecule has 0 atom stereocenters. The zero-order valence-corrected chi connectivity index (χ0v) is 15.4. The van der Waals surface area contributed by atoms with E-state index in [1.165, 1.54) is 5.56 Å². The Balaban J connectivity index is 1.55. The van der Waals surface area contributed by atoms with Crippen LogP contribution in [0.5, 0.6) is 11.5 Å². The third kappa shape index (κ3) is 4.58. The third-order valence-electron chi connectivity index (χ3n) is 3.72. The van der Waals surface area contributed by atoms with Crippen molar-refractivity contribution in [2.45, 2.75) is 13.3 Å². The van der Waals surface area contributed by atoms with Gasteiger partial charge in [0.1, 0.15) is 11.5 Å². The molecule has 2 aromatic carbocycles. The van der Waals surface area contributed by atoms with E-state index >= 15 is 0 Å². The first-order valence-electron chi connectivity index (χ1n) is 8.17. The lowest BCUT2D eigenvalue weighted by molar-refractivity contribution is -0.118. The van der Waals surface area contributed by atoms with E-state index in [4.69, 9.17) is 9.47 Å². The minimum absolute atomic E-state index is 0.105. The number of aryl methyl sites for hydroxylation is 1. The van der Waals surface area contributed by atoms with Crippen LogP contribution in [0, 0.1) is 0 Å². The molecule has 1 heterocycles. The predicted molar refractivity (Wildman–Crippen MR) is 102 cm³/mol. The van der Waals surface area contributed by atoms with Crippen molar-refractivity contribution in [2.75, 3.05) is 19.0 Å². The van der Waals surface area contributed by atoms with Crippen LogP contribution in [0.15, 0.2) is 48.5 Å². The topological polar surface area (TPSA) is 73.3 Å². The molecule has 3 rings (SSSR count). The number of aromatic nitrogens is 2. The maximum absolute atomic E-state index is 12.0. The lowest BCUT2D eigenvalue weighted by atomic mass is 10.1. The van der Waals surface area contributed by atoms with Crippen LogP contribution < -0.4 is 14.8 Å². The van der Waals surface area contributed by atoms with E-state index in [0.717, 1.165) is 29.3 Å². The van der Waals surface area contributed by atoms with Crippen LogP contribution in [-0.4, -0.2) is 29.0 Å². The first-order chi connectivity index (χ1) is 12.7. The molecule has 0 saturated carbocycles. The number of carbonyl (C=O) groups is 1. The standard InChI is InChI=1S/C19H19N3O3S/c1-3-13-4-6-14(7-5-13)18-21-19(26-22-18)20-17(23)12-25-16-10-8-15(24-2)9-11-16/h4-11H,3,12H2,1-2H3,(H,20,21,22,23). The molecule has 7 heteroatoms. The second-order valence-corrected chi connectivity index (χ2v) is 6.24. The summed E-state index contributed by atoms with van der Waals surface area (Å²) >= 11 is 1.14. The average molecular weight is 369 g/mol. The van der Waals surface area contributed by atoms with Gasteiger partial charge in [0.05, 0.1) is 7.11 Å². The number of hydrogen-bond acceptors (Lipinski definition) is 6. The molecule has 0 spiro atoms. The number of rotatable bonds is 7. The monoisotopic (exact) mass is 369 g/mol. The predicted octanol–water partition coefficient (Wildman–Crippen LogP) is 3.79. The quantitative estimate of drug-likeness (QED) is 0.686. The van der Waals surface area contributed by atoms with Crippen LogP contribution in [-0.2, 0) is 11.2 Å². The Bertz CT molecular complexity index is 860. The van der Waals surface area contributed by atoms with Gasteiger partial charge in [0.2, 0.25) is 5.13 Å². The number of methoxy groups -OCH3 is 1. The summed E-state index contributed by atoms with van der Waals surface area (Å²) in [5.41, 5.74) is 2.18. The lowest BCUT2D eigenvalue weighted by Gasteiger charge is -2.06. The van der Waals surface area contributed by atoms with E-state index in [1.54, 1.807) is 31.4 Å². The Kier molecular flexibility index (Phi) is 5.80. The van der Waals surface area contributed by atoms with Crippen molar-refractivity contribution in [2.24, 2.45) is 0 Å². The number of amides is 1. The molecule has 0 unspecified atom stereocenters. The molecule has 3 aromatic rings. The molecule has 1 amide bonds. The van der Waals surface area contributed by atoms with Crippen LogP contribution in [0.1, 0.15) is 12.5 Å². The maximum Gasteiger partial charge on any atom is 0.264 e. The van der Waals surface area contributed by atoms with Gasteiger partial charge in [-0.25, -0.2) is 0 Å². The summed E-state index contributed by atoms with van der Waals surface area (Å²) in [7, 11) is 1.60. The van der Waals surface area contributed by atoms with Crippen molar-refractivity contribution >= 4 is 22.6 Å². The van der Waals surface area contributed by atoms with Crippen LogP contribution in [0.3, 0.4) is 0 Å². The van der Waals surface area contributed by atoms with E-state index in [-0.39, 0.29) is 12.5 Å². The van der Waals surface area contributed by atoms with Gasteiger partial charge < -0.3 is 9.47 Å². The van der Waals surface area contributed by atoms with E-state index in [2.05, 4.69) is 33.7 Å². The van der Waals surface area contributed by atoms with Gasteiger partial charge in [-0.1, -0.05) is 31.2 Å². The molecule has 0 bridgehead atoms. The molecule has 26 heavy (non-hydrogen) atoms. The van der Waals surface area contributed by atoms with Gasteiger partial charge in [-0.2, -0.15) is 9.36 Å². The smallest absolute Gasteiger partial charge is 0.264 e. The number of hydrogen-bond donors (Lipinski definition) is 1. The molecule has 6 nitrogen and oxygen atoms in total. The Labute approximate surface area is 156 Å². The van der Waals surface area contributed by atoms with Crippen LogP contribution in [0.2, 0.25) is 0 Å². The summed E-state index contributed by atoms with van der Waals surface area (Å²) in [5.74, 6) is 1.64. The molecular formula is C19H19N3O3S. The molecule has 0 fully saturated rings. The highest BCUT2D eigenvalue weighted by molar-refractivity contribution is 7.10. The van der Waals surface area contributed by atoms with Gasteiger partial charge >= 0.3 is 0 Å². The summed E-state index contributed by atoms with van der Waals surface area (Å²) in [6.45, 7) is 2.00. The van der Waals surface area contributed by atoms with Crippen LogP contribution in [0.25, 0.3) is 11.4 Å². The zero-order valence-electron chi connectivity index (χ0n) is 14.6. The lowest BCUT2D eigenvalue weighted by Crippen LogP contribution is -2.20. The summed E-state index contributed by atoms with van der Waals surface area (Å²) in [4.78, 5) is 16.4. The first kappa shape index (κ1) is 17.9. The molecule has 0 saturated heterocycles. The molecule has 0 radical (unpaired) electrons. The minimum Gasteiger partial charge on any atom is -0.497 e. The Morgan fingerprint density at radius 2 is 1.77 bits per heavy atom. The van der Waals surface area contributed by atoms with E-state index < -0.39 is 0 Å². The fraction of sp³-hybridized carbons (Fsp3) is 0.211. The summed E-state index contributed by atoms with van der Waals surface area (Å²) in [5, 5.41) is 3.15. The minimum atomic E-state index is -0.287. The number of nitrogens with zero attached hydrogens (tertiary/aromatic N) is 2. The number of ether oxygens (including phenoxy) is 2. The first-order valence-corrected chi connectivity index (χ1v) is 8.95. The number of anilines is 1. The van der Waals surface area contributed by atoms with Crippen molar-refractivity contribution in [3.63, 3.8) is 0 Å². The molecule has 0 aliphatic carbocycles. The van der Waals surface area contributed by atoms with Crippen molar-refractivity contribution in [3.05, 3.63) is 54.1 Å². The van der Waals surface area contributed by atoms with Crippen molar-refractivity contribution < 1.29 is 14.3 Å². The van der Waals surface area contributed by atoms with Gasteiger partial charge in [-0.3, -0.25) is 10.1 Å². The van der Waals surface area contributed by atoms with Crippen molar-refractivity contribution in [3.8, 4) is 22.9 Å². The van der Waals surface area contributed by atoms with Gasteiger partial charge in [0, 0.05) is 17.1 Å². The fourth-order valence-corrected chi connectivity index (χ4v) is 2.86. The van der Waals surface area contributed by atoms with Gasteiger partial charge in [-0.15, -0.1) is 0 Å². The second-order valence-electron chi connectivity index (χ2n) is 5.49. The van der Waals surface area contributed by atoms with Crippen molar-refractivity contribution in [1.29, 1.82) is 0 Å². The number of nitrogens with one attached hydrogen (secondary N) is 1. The SMILES string of the molecule is CCc1ccc(-c2nsc(NC(=O)COc3ccc(OC)cc3)n2)cc1. The summed E-state index contributed by atoms with van der Waals surface area (Å²) in [6, 6.07) is 15.1. The Morgan fingerprint density at radius 3 is 2.42 bits per heavy atom. The van der Waals surface area contributed by atoms with Gasteiger partial charge in [0.15, 0.2) is 12.4 Å². The molecule has 0 aliphatic heterocycles. The Morgan fingerprint density at radius 1 is 1.08 bits per heavy atom. The highest BCUT2D eigenvalue weighted by Gasteiger charge is 2.10. The zero-order chi connectivity index (χ0) is 18.4. The summed E-state index contributed by atoms with van der Waals surface area (Å²) in [6.07, 6.45) is 0.986. The van der Waals surface area contributed by atoms with Crippen LogP contribution >= 0.6 is 11.5 Å². The molecule has 134 valence electrons. The van der Waals surface area contributed by atoms with E-state index in [9.17, 15) is 4.79 Å². The molecular weight excluding hydrogens is 350 g/mol. The fourth-order valence-electron chi connectivity index (χ4n) is 2.26. The summed E-state index contributed by atoms with van der Waals surface area (Å²) < 4.78 is 14.8. The number of carbonyl (C=O) groups excluding carboxylic acids is 1. The highest BCUT2D eigenvalue weighted by Crippen LogP contribution is 2.22. The third-order valence-corrected chi connectivity index (χ3v) is 4.35. The average Bonchev–Trinajstić information content (AvgIpc) is 3.15. The molecule has 0 aliphatic rings. The molecule has 1 aromatic heterocycles. The van der Waals surface area contributed by atoms with E-state index in [1.807, 2.05) is 12.1 Å². The number of benzene rings is 2. The van der Waals surface area contributed by atoms with Gasteiger partial charge in [-0.05, 0) is 36.2 Å². The second kappa shape index (κ2) is 8.44. The largest absolute Gasteiger partial charge is 0.497 e. The highest BCUT2D eigenvalue weighted by atomic mass is 32.1. The van der Waals surface area contributed by atoms with Crippen molar-refractivity contribution in [1.82, 2.24) is 9.36 Å². The van der Waals surface area contributed by atoms with Gasteiger partial charge in [0.25, 0.3) is 5.91 Å². The van der Waals surface area contributed by atoms with E-state index in [0.29, 0.717) is 16.7 Å².